The number of nitrogens with zero attached hydrogens (tertiary/aromatic N) is 4. The number of hydrogen-bond acceptors (Lipinski definition) is 3. The molecular formula is C22H25ClN4O2. The van der Waals surface area contributed by atoms with Crippen molar-refractivity contribution in [3.8, 4) is 0 Å². The lowest BCUT2D eigenvalue weighted by molar-refractivity contribution is -0.137. The molecule has 6 nitrogen and oxygen atoms in total. The van der Waals surface area contributed by atoms with Gasteiger partial charge in [0.05, 0.1) is 10.5 Å². The third-order valence-electron chi connectivity index (χ3n) is 7.33. The van der Waals surface area contributed by atoms with Gasteiger partial charge in [0.25, 0.3) is 5.91 Å². The molecule has 4 fully saturated rings. The first-order valence-electron chi connectivity index (χ1n) is 10.8. The molecule has 1 aliphatic heterocycles. The number of carbonyl (C=O) groups is 2. The van der Waals surface area contributed by atoms with E-state index in [2.05, 4.69) is 17.2 Å². The second-order valence-electron chi connectivity index (χ2n) is 9.36. The normalized spacial score (nSPS) is 28.9. The highest BCUT2D eigenvalue weighted by Gasteiger charge is 2.49. The molecule has 0 bridgehead atoms. The maximum Gasteiger partial charge on any atom is 0.276 e. The van der Waals surface area contributed by atoms with Crippen LogP contribution < -0.4 is 0 Å². The summed E-state index contributed by atoms with van der Waals surface area (Å²) in [5.41, 5.74) is 3.29. The highest BCUT2D eigenvalue weighted by molar-refractivity contribution is 6.36. The summed E-state index contributed by atoms with van der Waals surface area (Å²) in [6.45, 7) is 3.28. The van der Waals surface area contributed by atoms with Gasteiger partial charge in [0.15, 0.2) is 5.69 Å². The Balaban J connectivity index is 1.23. The number of fused-ring (bicyclic) bond motifs is 2. The van der Waals surface area contributed by atoms with Crippen LogP contribution in [0.4, 0.5) is 0 Å². The van der Waals surface area contributed by atoms with Gasteiger partial charge in [0, 0.05) is 24.8 Å². The predicted octanol–water partition coefficient (Wildman–Crippen LogP) is 3.26. The van der Waals surface area contributed by atoms with Gasteiger partial charge in [0.1, 0.15) is 6.54 Å². The summed E-state index contributed by atoms with van der Waals surface area (Å²) in [5.74, 6) is 2.11. The van der Waals surface area contributed by atoms with Gasteiger partial charge in [-0.3, -0.25) is 9.59 Å². The minimum atomic E-state index is -0.242. The Kier molecular flexibility index (Phi) is 3.80. The predicted molar refractivity (Wildman–Crippen MR) is 109 cm³/mol. The molecule has 2 aromatic rings. The standard InChI is InChI=1S/C22H25ClN4O2/c1-12-6-14(13-2-3-13)10-18-20(23)21(24-27(12)18)22(29)25-4-5-26(19(28)11-25)17-8-15-7-16(15)9-17/h6,10,13,15-17H,2-5,7-9,11H2,1H3. The van der Waals surface area contributed by atoms with Crippen molar-refractivity contribution < 1.29 is 9.59 Å². The van der Waals surface area contributed by atoms with E-state index in [4.69, 9.17) is 11.6 Å². The summed E-state index contributed by atoms with van der Waals surface area (Å²) >= 11 is 6.60. The molecule has 0 spiro atoms. The van der Waals surface area contributed by atoms with E-state index in [0.29, 0.717) is 30.1 Å². The van der Waals surface area contributed by atoms with Gasteiger partial charge in [-0.2, -0.15) is 5.10 Å². The van der Waals surface area contributed by atoms with Crippen molar-refractivity contribution in [2.24, 2.45) is 11.8 Å². The summed E-state index contributed by atoms with van der Waals surface area (Å²) in [5, 5.41) is 4.91. The summed E-state index contributed by atoms with van der Waals surface area (Å²) in [7, 11) is 0. The first-order chi connectivity index (χ1) is 14.0. The van der Waals surface area contributed by atoms with Gasteiger partial charge in [-0.1, -0.05) is 11.6 Å². The molecule has 2 atom stereocenters. The molecule has 7 heteroatoms. The van der Waals surface area contributed by atoms with Crippen molar-refractivity contribution in [3.05, 3.63) is 34.1 Å². The van der Waals surface area contributed by atoms with E-state index in [1.165, 1.54) is 24.8 Å². The summed E-state index contributed by atoms with van der Waals surface area (Å²) in [4.78, 5) is 29.5. The third-order valence-corrected chi connectivity index (χ3v) is 7.70. The molecule has 3 aliphatic carbocycles. The smallest absolute Gasteiger partial charge is 0.276 e. The molecule has 0 radical (unpaired) electrons. The lowest BCUT2D eigenvalue weighted by atomic mass is 10.1. The van der Waals surface area contributed by atoms with Crippen molar-refractivity contribution in [2.75, 3.05) is 19.6 Å². The highest BCUT2D eigenvalue weighted by Crippen LogP contribution is 2.53. The van der Waals surface area contributed by atoms with Crippen molar-refractivity contribution >= 4 is 28.9 Å². The van der Waals surface area contributed by atoms with Gasteiger partial charge in [-0.05, 0) is 74.5 Å². The molecule has 4 aliphatic rings. The maximum atomic E-state index is 13.2. The number of aromatic nitrogens is 2. The van der Waals surface area contributed by atoms with E-state index in [9.17, 15) is 9.59 Å². The fourth-order valence-electron chi connectivity index (χ4n) is 5.43. The van der Waals surface area contributed by atoms with E-state index in [0.717, 1.165) is 35.9 Å². The van der Waals surface area contributed by atoms with Crippen LogP contribution in [0, 0.1) is 18.8 Å². The number of pyridine rings is 1. The Bertz CT molecular complexity index is 1030. The zero-order valence-corrected chi connectivity index (χ0v) is 17.4. The fraction of sp³-hybridized carbons (Fsp3) is 0.591. The molecule has 2 aromatic heterocycles. The van der Waals surface area contributed by atoms with E-state index in [1.807, 2.05) is 11.8 Å². The molecule has 1 saturated heterocycles. The Morgan fingerprint density at radius 1 is 1.14 bits per heavy atom. The Labute approximate surface area is 174 Å². The van der Waals surface area contributed by atoms with Gasteiger partial charge in [-0.25, -0.2) is 4.52 Å². The van der Waals surface area contributed by atoms with Crippen LogP contribution in [0.2, 0.25) is 5.02 Å². The van der Waals surface area contributed by atoms with E-state index >= 15 is 0 Å². The third kappa shape index (κ3) is 2.87. The van der Waals surface area contributed by atoms with Crippen molar-refractivity contribution in [2.45, 2.75) is 51.0 Å². The Morgan fingerprint density at radius 3 is 2.59 bits per heavy atom. The zero-order chi connectivity index (χ0) is 19.9. The minimum absolute atomic E-state index is 0.0583. The Hall–Kier alpha value is -2.08. The number of aryl methyl sites for hydroxylation is 1. The summed E-state index contributed by atoms with van der Waals surface area (Å²) in [6, 6.07) is 4.58. The van der Waals surface area contributed by atoms with Crippen LogP contribution in [0.25, 0.3) is 5.52 Å². The SMILES string of the molecule is Cc1cc(C2CC2)cc2c(Cl)c(C(=O)N3CCN(C4CC5CC5C4)C(=O)C3)nn12. The topological polar surface area (TPSA) is 57.9 Å². The van der Waals surface area contributed by atoms with Crippen LogP contribution in [0.15, 0.2) is 12.1 Å². The maximum absolute atomic E-state index is 13.2. The van der Waals surface area contributed by atoms with E-state index in [-0.39, 0.29) is 24.1 Å². The van der Waals surface area contributed by atoms with Crippen LogP contribution in [0.3, 0.4) is 0 Å². The quantitative estimate of drug-likeness (QED) is 0.777. The number of amides is 2. The fourth-order valence-corrected chi connectivity index (χ4v) is 5.68. The second-order valence-corrected chi connectivity index (χ2v) is 9.74. The monoisotopic (exact) mass is 412 g/mol. The van der Waals surface area contributed by atoms with Crippen LogP contribution in [0.1, 0.15) is 59.8 Å². The molecule has 0 N–H and O–H groups in total. The number of carbonyl (C=O) groups excluding carboxylic acids is 2. The van der Waals surface area contributed by atoms with Crippen molar-refractivity contribution in [3.63, 3.8) is 0 Å². The molecule has 3 saturated carbocycles. The first kappa shape index (κ1) is 17.8. The first-order valence-corrected chi connectivity index (χ1v) is 11.1. The van der Waals surface area contributed by atoms with Crippen molar-refractivity contribution in [1.29, 1.82) is 0 Å². The van der Waals surface area contributed by atoms with Gasteiger partial charge in [0.2, 0.25) is 5.91 Å². The van der Waals surface area contributed by atoms with E-state index < -0.39 is 0 Å². The number of hydrogen-bond donors (Lipinski definition) is 0. The Morgan fingerprint density at radius 2 is 1.90 bits per heavy atom. The molecule has 0 aromatic carbocycles. The highest BCUT2D eigenvalue weighted by atomic mass is 35.5. The average molecular weight is 413 g/mol. The molecule has 152 valence electrons. The lowest BCUT2D eigenvalue weighted by Gasteiger charge is -2.38. The summed E-state index contributed by atoms with van der Waals surface area (Å²) < 4.78 is 1.75. The van der Waals surface area contributed by atoms with Gasteiger partial charge < -0.3 is 9.80 Å². The van der Waals surface area contributed by atoms with Gasteiger partial charge in [-0.15, -0.1) is 0 Å². The lowest BCUT2D eigenvalue weighted by Crippen LogP contribution is -2.55. The largest absolute Gasteiger partial charge is 0.336 e. The molecule has 3 heterocycles. The van der Waals surface area contributed by atoms with Crippen LogP contribution in [-0.2, 0) is 4.79 Å². The molecule has 2 amide bonds. The molecule has 6 rings (SSSR count). The molecule has 2 unspecified atom stereocenters. The number of piperazine rings is 1. The number of rotatable bonds is 3. The average Bonchev–Trinajstić information content (AvgIpc) is 3.62. The van der Waals surface area contributed by atoms with Gasteiger partial charge >= 0.3 is 0 Å². The second kappa shape index (κ2) is 6.21. The zero-order valence-electron chi connectivity index (χ0n) is 16.6. The molecule has 29 heavy (non-hydrogen) atoms. The summed E-state index contributed by atoms with van der Waals surface area (Å²) in [6.07, 6.45) is 6.05. The number of halogens is 1. The van der Waals surface area contributed by atoms with E-state index in [1.54, 1.807) is 9.42 Å². The van der Waals surface area contributed by atoms with Crippen LogP contribution in [0.5, 0.6) is 0 Å². The molecular weight excluding hydrogens is 388 g/mol. The van der Waals surface area contributed by atoms with Crippen LogP contribution in [-0.4, -0.2) is 56.9 Å². The van der Waals surface area contributed by atoms with Crippen molar-refractivity contribution in [1.82, 2.24) is 19.4 Å². The van der Waals surface area contributed by atoms with Crippen LogP contribution >= 0.6 is 11.6 Å². The minimum Gasteiger partial charge on any atom is -0.336 e.